The van der Waals surface area contributed by atoms with E-state index in [4.69, 9.17) is 9.47 Å². The Bertz CT molecular complexity index is 322. The maximum atomic E-state index is 5.68. The molecule has 0 spiro atoms. The van der Waals surface area contributed by atoms with Crippen molar-refractivity contribution in [2.45, 2.75) is 24.9 Å². The molecule has 2 saturated heterocycles. The first kappa shape index (κ1) is 11.2. The van der Waals surface area contributed by atoms with Gasteiger partial charge in [0.25, 0.3) is 0 Å². The highest BCUT2D eigenvalue weighted by molar-refractivity contribution is 5.10. The van der Waals surface area contributed by atoms with Crippen molar-refractivity contribution in [2.24, 2.45) is 0 Å². The van der Waals surface area contributed by atoms with Gasteiger partial charge in [-0.05, 0) is 12.8 Å². The van der Waals surface area contributed by atoms with Gasteiger partial charge in [-0.25, -0.2) is 4.98 Å². The number of hydrogen-bond acceptors (Lipinski definition) is 4. The fourth-order valence-corrected chi connectivity index (χ4v) is 2.47. The number of nitrogens with one attached hydrogen (secondary N) is 2. The third-order valence-corrected chi connectivity index (χ3v) is 3.51. The van der Waals surface area contributed by atoms with Crippen LogP contribution in [0.3, 0.4) is 0 Å². The van der Waals surface area contributed by atoms with Crippen LogP contribution in [0.2, 0.25) is 0 Å². The van der Waals surface area contributed by atoms with Crippen molar-refractivity contribution < 1.29 is 9.47 Å². The van der Waals surface area contributed by atoms with Gasteiger partial charge in [-0.15, -0.1) is 0 Å². The van der Waals surface area contributed by atoms with Gasteiger partial charge in [0.2, 0.25) is 0 Å². The lowest BCUT2D eigenvalue weighted by molar-refractivity contribution is 0.0225. The van der Waals surface area contributed by atoms with Crippen LogP contribution >= 0.6 is 0 Å². The van der Waals surface area contributed by atoms with Crippen molar-refractivity contribution in [3.63, 3.8) is 0 Å². The van der Waals surface area contributed by atoms with Crippen LogP contribution in [-0.4, -0.2) is 42.9 Å². The zero-order valence-corrected chi connectivity index (χ0v) is 9.95. The summed E-state index contributed by atoms with van der Waals surface area (Å²) in [5.41, 5.74) is 1.23. The molecule has 0 aliphatic carbocycles. The van der Waals surface area contributed by atoms with Gasteiger partial charge < -0.3 is 19.8 Å². The maximum Gasteiger partial charge on any atom is 0.136 e. The monoisotopic (exact) mass is 237 g/mol. The van der Waals surface area contributed by atoms with Crippen LogP contribution in [0.5, 0.6) is 0 Å². The molecule has 5 heteroatoms. The number of aromatic nitrogens is 2. The molecule has 2 fully saturated rings. The SMILES string of the molecule is c1nc(C2CNCCO2)[nH]c1C1CCOCC1. The Morgan fingerprint density at radius 3 is 2.88 bits per heavy atom. The summed E-state index contributed by atoms with van der Waals surface area (Å²) < 4.78 is 11.1. The summed E-state index contributed by atoms with van der Waals surface area (Å²) in [7, 11) is 0. The van der Waals surface area contributed by atoms with Gasteiger partial charge in [0.15, 0.2) is 0 Å². The highest BCUT2D eigenvalue weighted by Gasteiger charge is 2.22. The molecule has 2 aliphatic heterocycles. The van der Waals surface area contributed by atoms with E-state index in [1.54, 1.807) is 0 Å². The summed E-state index contributed by atoms with van der Waals surface area (Å²) in [6.45, 7) is 4.27. The molecule has 3 heterocycles. The summed E-state index contributed by atoms with van der Waals surface area (Å²) in [5, 5.41) is 3.32. The Morgan fingerprint density at radius 2 is 2.12 bits per heavy atom. The molecule has 0 amide bonds. The molecule has 3 rings (SSSR count). The number of aromatic amines is 1. The fraction of sp³-hybridized carbons (Fsp3) is 0.750. The second kappa shape index (κ2) is 5.16. The number of rotatable bonds is 2. The van der Waals surface area contributed by atoms with Gasteiger partial charge in [0.1, 0.15) is 11.9 Å². The predicted molar refractivity (Wildman–Crippen MR) is 62.9 cm³/mol. The van der Waals surface area contributed by atoms with E-state index in [0.717, 1.165) is 51.6 Å². The average Bonchev–Trinajstić information content (AvgIpc) is 2.90. The topological polar surface area (TPSA) is 59.2 Å². The lowest BCUT2D eigenvalue weighted by Gasteiger charge is -2.22. The van der Waals surface area contributed by atoms with Gasteiger partial charge in [0, 0.05) is 44.1 Å². The molecule has 1 aromatic rings. The zero-order chi connectivity index (χ0) is 11.5. The number of hydrogen-bond donors (Lipinski definition) is 2. The standard InChI is InChI=1S/C12H19N3O2/c1-4-16-5-2-9(1)10-7-14-12(15-10)11-8-13-3-6-17-11/h7,9,11,13H,1-6,8H2,(H,14,15). The van der Waals surface area contributed by atoms with Crippen LogP contribution < -0.4 is 5.32 Å². The maximum absolute atomic E-state index is 5.68. The lowest BCUT2D eigenvalue weighted by atomic mass is 9.97. The van der Waals surface area contributed by atoms with E-state index in [1.165, 1.54) is 5.69 Å². The molecule has 0 radical (unpaired) electrons. The number of H-pyrrole nitrogens is 1. The molecule has 17 heavy (non-hydrogen) atoms. The first-order chi connectivity index (χ1) is 8.43. The molecule has 1 atom stereocenters. The molecular weight excluding hydrogens is 218 g/mol. The average molecular weight is 237 g/mol. The molecule has 94 valence electrons. The van der Waals surface area contributed by atoms with Crippen molar-refractivity contribution in [2.75, 3.05) is 32.9 Å². The van der Waals surface area contributed by atoms with E-state index in [1.807, 2.05) is 6.20 Å². The first-order valence-corrected chi connectivity index (χ1v) is 6.38. The lowest BCUT2D eigenvalue weighted by Crippen LogP contribution is -2.33. The van der Waals surface area contributed by atoms with Crippen LogP contribution in [0.25, 0.3) is 0 Å². The first-order valence-electron chi connectivity index (χ1n) is 6.38. The second-order valence-electron chi connectivity index (χ2n) is 4.67. The summed E-state index contributed by atoms with van der Waals surface area (Å²) in [4.78, 5) is 7.87. The third kappa shape index (κ3) is 2.51. The van der Waals surface area contributed by atoms with Crippen molar-refractivity contribution >= 4 is 0 Å². The van der Waals surface area contributed by atoms with Crippen molar-refractivity contribution in [3.8, 4) is 0 Å². The number of morpholine rings is 1. The summed E-state index contributed by atoms with van der Waals surface area (Å²) in [6.07, 6.45) is 4.22. The van der Waals surface area contributed by atoms with E-state index < -0.39 is 0 Å². The quantitative estimate of drug-likeness (QED) is 0.804. The third-order valence-electron chi connectivity index (χ3n) is 3.51. The zero-order valence-electron chi connectivity index (χ0n) is 9.95. The van der Waals surface area contributed by atoms with E-state index in [2.05, 4.69) is 15.3 Å². The molecule has 0 aromatic carbocycles. The Kier molecular flexibility index (Phi) is 3.40. The predicted octanol–water partition coefficient (Wildman–Crippen LogP) is 0.965. The highest BCUT2D eigenvalue weighted by atomic mass is 16.5. The minimum absolute atomic E-state index is 0.0809. The van der Waals surface area contributed by atoms with Crippen LogP contribution in [-0.2, 0) is 9.47 Å². The smallest absolute Gasteiger partial charge is 0.136 e. The van der Waals surface area contributed by atoms with Gasteiger partial charge in [-0.3, -0.25) is 0 Å². The highest BCUT2D eigenvalue weighted by Crippen LogP contribution is 2.26. The summed E-state index contributed by atoms with van der Waals surface area (Å²) >= 11 is 0. The summed E-state index contributed by atoms with van der Waals surface area (Å²) in [6, 6.07) is 0. The minimum Gasteiger partial charge on any atom is -0.381 e. The van der Waals surface area contributed by atoms with Gasteiger partial charge >= 0.3 is 0 Å². The van der Waals surface area contributed by atoms with Crippen molar-refractivity contribution in [1.29, 1.82) is 0 Å². The molecule has 0 bridgehead atoms. The van der Waals surface area contributed by atoms with Crippen LogP contribution in [0.1, 0.15) is 36.4 Å². The molecule has 1 unspecified atom stereocenters. The Labute approximate surface area is 101 Å². The van der Waals surface area contributed by atoms with Crippen molar-refractivity contribution in [3.05, 3.63) is 17.7 Å². The largest absolute Gasteiger partial charge is 0.381 e. The number of nitrogens with zero attached hydrogens (tertiary/aromatic N) is 1. The molecule has 5 nitrogen and oxygen atoms in total. The van der Waals surface area contributed by atoms with E-state index >= 15 is 0 Å². The molecule has 2 N–H and O–H groups in total. The van der Waals surface area contributed by atoms with E-state index in [9.17, 15) is 0 Å². The normalized spacial score (nSPS) is 27.2. The molecule has 1 aromatic heterocycles. The Morgan fingerprint density at radius 1 is 1.24 bits per heavy atom. The fourth-order valence-electron chi connectivity index (χ4n) is 2.47. The Hall–Kier alpha value is -0.910. The van der Waals surface area contributed by atoms with E-state index in [-0.39, 0.29) is 6.10 Å². The summed E-state index contributed by atoms with van der Waals surface area (Å²) in [5.74, 6) is 1.53. The molecule has 2 aliphatic rings. The van der Waals surface area contributed by atoms with Crippen LogP contribution in [0.15, 0.2) is 6.20 Å². The van der Waals surface area contributed by atoms with Gasteiger partial charge in [-0.1, -0.05) is 0 Å². The van der Waals surface area contributed by atoms with Gasteiger partial charge in [-0.2, -0.15) is 0 Å². The van der Waals surface area contributed by atoms with Crippen molar-refractivity contribution in [1.82, 2.24) is 15.3 Å². The number of imidazole rings is 1. The second-order valence-corrected chi connectivity index (χ2v) is 4.67. The minimum atomic E-state index is 0.0809. The van der Waals surface area contributed by atoms with Crippen LogP contribution in [0.4, 0.5) is 0 Å². The van der Waals surface area contributed by atoms with Crippen LogP contribution in [0, 0.1) is 0 Å². The van der Waals surface area contributed by atoms with Gasteiger partial charge in [0.05, 0.1) is 6.61 Å². The molecule has 0 saturated carbocycles. The molecular formula is C12H19N3O2. The van der Waals surface area contributed by atoms with E-state index in [0.29, 0.717) is 5.92 Å². The number of ether oxygens (including phenoxy) is 2. The Balaban J connectivity index is 1.68.